The quantitative estimate of drug-likeness (QED) is 0.615. The summed E-state index contributed by atoms with van der Waals surface area (Å²) >= 11 is 0. The zero-order chi connectivity index (χ0) is 19.7. The molecule has 0 fully saturated rings. The van der Waals surface area contributed by atoms with Gasteiger partial charge >= 0.3 is 11.1 Å². The lowest BCUT2D eigenvalue weighted by molar-refractivity contribution is 0.102. The monoisotopic (exact) mass is 365 g/mol. The van der Waals surface area contributed by atoms with Crippen LogP contribution in [0.1, 0.15) is 61.0 Å². The lowest BCUT2D eigenvalue weighted by atomic mass is 9.92. The van der Waals surface area contributed by atoms with Crippen molar-refractivity contribution >= 4 is 22.6 Å². The number of H-pyrrole nitrogens is 2. The van der Waals surface area contributed by atoms with Crippen LogP contribution in [0.4, 0.5) is 5.69 Å². The van der Waals surface area contributed by atoms with Gasteiger partial charge in [0.05, 0.1) is 11.0 Å². The SMILES string of the molecule is CC(C)c1cccc(C(C)C)c1NC(=O)c1ccc2[nH]c(=O)c(=O)[nH]c2c1. The first-order valence-electron chi connectivity index (χ1n) is 8.98. The summed E-state index contributed by atoms with van der Waals surface area (Å²) in [6, 6.07) is 10.9. The van der Waals surface area contributed by atoms with Gasteiger partial charge in [0, 0.05) is 11.3 Å². The van der Waals surface area contributed by atoms with E-state index in [2.05, 4.69) is 43.0 Å². The standard InChI is InChI=1S/C21H23N3O3/c1-11(2)14-6-5-7-15(12(3)4)18(14)24-19(25)13-8-9-16-17(10-13)23-21(27)20(26)22-16/h5-12H,1-4H3,(H,22,26)(H,23,27)(H,24,25). The van der Waals surface area contributed by atoms with E-state index in [0.29, 0.717) is 16.6 Å². The zero-order valence-corrected chi connectivity index (χ0v) is 15.8. The van der Waals surface area contributed by atoms with Crippen molar-refractivity contribution in [2.45, 2.75) is 39.5 Å². The normalized spacial score (nSPS) is 11.3. The predicted molar refractivity (Wildman–Crippen MR) is 108 cm³/mol. The second-order valence-electron chi connectivity index (χ2n) is 7.24. The Balaban J connectivity index is 2.03. The van der Waals surface area contributed by atoms with Crippen LogP contribution in [0.3, 0.4) is 0 Å². The number of hydrogen-bond acceptors (Lipinski definition) is 3. The van der Waals surface area contributed by atoms with Crippen LogP contribution >= 0.6 is 0 Å². The van der Waals surface area contributed by atoms with E-state index in [1.54, 1.807) is 18.2 Å². The molecule has 0 atom stereocenters. The minimum Gasteiger partial charge on any atom is -0.321 e. The average molecular weight is 365 g/mol. The lowest BCUT2D eigenvalue weighted by Gasteiger charge is -2.20. The van der Waals surface area contributed by atoms with Gasteiger partial charge in [-0.05, 0) is 41.2 Å². The largest absolute Gasteiger partial charge is 0.321 e. The number of rotatable bonds is 4. The van der Waals surface area contributed by atoms with Gasteiger partial charge in [-0.25, -0.2) is 0 Å². The van der Waals surface area contributed by atoms with Gasteiger partial charge in [0.2, 0.25) is 0 Å². The smallest absolute Gasteiger partial charge is 0.314 e. The molecule has 0 bridgehead atoms. The van der Waals surface area contributed by atoms with Crippen molar-refractivity contribution in [1.29, 1.82) is 0 Å². The van der Waals surface area contributed by atoms with Crippen LogP contribution in [0.2, 0.25) is 0 Å². The third-order valence-electron chi connectivity index (χ3n) is 4.60. The molecule has 0 aliphatic carbocycles. The molecule has 6 heteroatoms. The highest BCUT2D eigenvalue weighted by Crippen LogP contribution is 2.32. The fourth-order valence-corrected chi connectivity index (χ4v) is 3.14. The molecule has 27 heavy (non-hydrogen) atoms. The summed E-state index contributed by atoms with van der Waals surface area (Å²) in [5.41, 5.74) is 2.82. The van der Waals surface area contributed by atoms with E-state index >= 15 is 0 Å². The molecule has 0 saturated heterocycles. The average Bonchev–Trinajstić information content (AvgIpc) is 2.62. The van der Waals surface area contributed by atoms with Crippen molar-refractivity contribution in [2.24, 2.45) is 0 Å². The van der Waals surface area contributed by atoms with Gasteiger partial charge in [0.15, 0.2) is 0 Å². The number of hydrogen-bond donors (Lipinski definition) is 3. The van der Waals surface area contributed by atoms with Crippen molar-refractivity contribution in [2.75, 3.05) is 5.32 Å². The minimum absolute atomic E-state index is 0.261. The van der Waals surface area contributed by atoms with E-state index < -0.39 is 11.1 Å². The van der Waals surface area contributed by atoms with Crippen LogP contribution in [0, 0.1) is 0 Å². The minimum atomic E-state index is -0.743. The number of nitrogens with one attached hydrogen (secondary N) is 3. The molecule has 3 rings (SSSR count). The van der Waals surface area contributed by atoms with E-state index in [1.165, 1.54) is 0 Å². The molecule has 3 N–H and O–H groups in total. The van der Waals surface area contributed by atoms with Crippen LogP contribution in [-0.2, 0) is 0 Å². The van der Waals surface area contributed by atoms with Crippen LogP contribution in [0.25, 0.3) is 11.0 Å². The van der Waals surface area contributed by atoms with Crippen LogP contribution in [0.5, 0.6) is 0 Å². The van der Waals surface area contributed by atoms with Crippen LogP contribution < -0.4 is 16.4 Å². The first-order valence-corrected chi connectivity index (χ1v) is 8.98. The van der Waals surface area contributed by atoms with Crippen molar-refractivity contribution in [3.05, 3.63) is 73.8 Å². The summed E-state index contributed by atoms with van der Waals surface area (Å²) in [5, 5.41) is 3.05. The molecule has 0 aliphatic heterocycles. The van der Waals surface area contributed by atoms with Gasteiger partial charge in [-0.15, -0.1) is 0 Å². The summed E-state index contributed by atoms with van der Waals surface area (Å²) in [6.45, 7) is 8.36. The fourth-order valence-electron chi connectivity index (χ4n) is 3.14. The molecule has 0 unspecified atom stereocenters. The van der Waals surface area contributed by atoms with E-state index in [0.717, 1.165) is 16.8 Å². The van der Waals surface area contributed by atoms with Crippen molar-refractivity contribution in [3.63, 3.8) is 0 Å². The Bertz CT molecular complexity index is 1100. The molecule has 0 saturated carbocycles. The maximum atomic E-state index is 12.9. The van der Waals surface area contributed by atoms with Crippen LogP contribution in [0.15, 0.2) is 46.0 Å². The topological polar surface area (TPSA) is 94.8 Å². The highest BCUT2D eigenvalue weighted by molar-refractivity contribution is 6.06. The second-order valence-corrected chi connectivity index (χ2v) is 7.24. The molecule has 0 aliphatic rings. The number of carbonyl (C=O) groups is 1. The van der Waals surface area contributed by atoms with Crippen molar-refractivity contribution in [3.8, 4) is 0 Å². The summed E-state index contributed by atoms with van der Waals surface area (Å²) in [6.07, 6.45) is 0. The van der Waals surface area contributed by atoms with Gasteiger partial charge in [-0.3, -0.25) is 14.4 Å². The zero-order valence-electron chi connectivity index (χ0n) is 15.8. The highest BCUT2D eigenvalue weighted by atomic mass is 16.2. The number of anilines is 1. The summed E-state index contributed by atoms with van der Waals surface area (Å²) in [7, 11) is 0. The van der Waals surface area contributed by atoms with Crippen molar-refractivity contribution < 1.29 is 4.79 Å². The molecule has 2 aromatic carbocycles. The summed E-state index contributed by atoms with van der Waals surface area (Å²) in [5.74, 6) is 0.257. The number of benzene rings is 2. The Kier molecular flexibility index (Phi) is 4.99. The molecule has 0 spiro atoms. The summed E-state index contributed by atoms with van der Waals surface area (Å²) < 4.78 is 0. The van der Waals surface area contributed by atoms with Gasteiger partial charge in [-0.2, -0.15) is 0 Å². The Morgan fingerprint density at radius 3 is 1.96 bits per heavy atom. The van der Waals surface area contributed by atoms with Crippen LogP contribution in [-0.4, -0.2) is 15.9 Å². The van der Waals surface area contributed by atoms with Crippen molar-refractivity contribution in [1.82, 2.24) is 9.97 Å². The third-order valence-corrected chi connectivity index (χ3v) is 4.60. The predicted octanol–water partition coefficient (Wildman–Crippen LogP) is 3.72. The van der Waals surface area contributed by atoms with Gasteiger partial charge in [0.1, 0.15) is 0 Å². The molecule has 3 aromatic rings. The number of carbonyl (C=O) groups excluding carboxylic acids is 1. The second kappa shape index (κ2) is 7.23. The molecule has 1 amide bonds. The number of aromatic nitrogens is 2. The van der Waals surface area contributed by atoms with Gasteiger partial charge in [0.25, 0.3) is 5.91 Å². The molecule has 1 aromatic heterocycles. The highest BCUT2D eigenvalue weighted by Gasteiger charge is 2.17. The Morgan fingerprint density at radius 2 is 1.41 bits per heavy atom. The van der Waals surface area contributed by atoms with E-state index in [9.17, 15) is 14.4 Å². The number of para-hydroxylation sites is 1. The molecular formula is C21H23N3O3. The molecule has 0 radical (unpaired) electrons. The number of fused-ring (bicyclic) bond motifs is 1. The molecule has 1 heterocycles. The molecule has 140 valence electrons. The number of aromatic amines is 2. The number of amides is 1. The maximum Gasteiger partial charge on any atom is 0.314 e. The van der Waals surface area contributed by atoms with E-state index in [-0.39, 0.29) is 17.7 Å². The molecule has 6 nitrogen and oxygen atoms in total. The van der Waals surface area contributed by atoms with E-state index in [4.69, 9.17) is 0 Å². The van der Waals surface area contributed by atoms with Gasteiger partial charge in [-0.1, -0.05) is 45.9 Å². The summed E-state index contributed by atoms with van der Waals surface area (Å²) in [4.78, 5) is 40.8. The lowest BCUT2D eigenvalue weighted by Crippen LogP contribution is -2.29. The molecular weight excluding hydrogens is 342 g/mol. The Labute approximate surface area is 156 Å². The first kappa shape index (κ1) is 18.6. The fraction of sp³-hybridized carbons (Fsp3) is 0.286. The maximum absolute atomic E-state index is 12.9. The Morgan fingerprint density at radius 1 is 0.852 bits per heavy atom. The Hall–Kier alpha value is -3.15. The van der Waals surface area contributed by atoms with E-state index in [1.807, 2.05) is 18.2 Å². The van der Waals surface area contributed by atoms with Gasteiger partial charge < -0.3 is 15.3 Å². The first-order chi connectivity index (χ1) is 12.8. The third kappa shape index (κ3) is 3.69.